The molecule has 0 aliphatic rings. The lowest BCUT2D eigenvalue weighted by Crippen LogP contribution is -2.29. The number of benzene rings is 1. The van der Waals surface area contributed by atoms with Crippen molar-refractivity contribution in [3.8, 4) is 0 Å². The zero-order valence-electron chi connectivity index (χ0n) is 9.37. The van der Waals surface area contributed by atoms with Crippen LogP contribution in [0.5, 0.6) is 0 Å². The van der Waals surface area contributed by atoms with E-state index in [1.54, 1.807) is 0 Å². The normalized spacial score (nSPS) is 11.1. The standard InChI is InChI=1S/C12H12N2O3/c1-9(15)17-12(11(16)8-14-13)7-10-5-3-2-4-6-10/h2-6,8,12H,7H2,1H3/t12-/m0/s1. The van der Waals surface area contributed by atoms with Crippen molar-refractivity contribution in [1.29, 1.82) is 0 Å². The van der Waals surface area contributed by atoms with Gasteiger partial charge in [0.05, 0.1) is 0 Å². The molecule has 0 amide bonds. The van der Waals surface area contributed by atoms with Gasteiger partial charge in [-0.25, -0.2) is 0 Å². The number of ketones is 1. The Balaban J connectivity index is 2.80. The molecule has 0 aliphatic carbocycles. The maximum absolute atomic E-state index is 11.5. The Bertz CT molecular complexity index is 450. The van der Waals surface area contributed by atoms with Crippen molar-refractivity contribution in [2.45, 2.75) is 19.4 Å². The van der Waals surface area contributed by atoms with Crippen LogP contribution in [0.25, 0.3) is 5.53 Å². The van der Waals surface area contributed by atoms with E-state index in [4.69, 9.17) is 10.3 Å². The quantitative estimate of drug-likeness (QED) is 0.329. The highest BCUT2D eigenvalue weighted by atomic mass is 16.5. The molecule has 0 saturated carbocycles. The number of carbonyl (C=O) groups excluding carboxylic acids is 2. The topological polar surface area (TPSA) is 79.8 Å². The van der Waals surface area contributed by atoms with Crippen molar-refractivity contribution in [2.75, 3.05) is 0 Å². The number of Topliss-reactive ketones (excluding diaryl/α,β-unsaturated/α-hetero) is 1. The van der Waals surface area contributed by atoms with Crippen molar-refractivity contribution in [1.82, 2.24) is 0 Å². The van der Waals surface area contributed by atoms with E-state index in [0.717, 1.165) is 11.8 Å². The van der Waals surface area contributed by atoms with Crippen LogP contribution in [0.2, 0.25) is 0 Å². The van der Waals surface area contributed by atoms with Gasteiger partial charge in [0.15, 0.2) is 6.10 Å². The monoisotopic (exact) mass is 232 g/mol. The molecule has 0 aliphatic heterocycles. The molecule has 88 valence electrons. The Morgan fingerprint density at radius 3 is 2.59 bits per heavy atom. The highest BCUT2D eigenvalue weighted by Gasteiger charge is 2.23. The van der Waals surface area contributed by atoms with E-state index >= 15 is 0 Å². The molecule has 0 spiro atoms. The summed E-state index contributed by atoms with van der Waals surface area (Å²) in [4.78, 5) is 25.0. The van der Waals surface area contributed by atoms with Gasteiger partial charge >= 0.3 is 12.2 Å². The van der Waals surface area contributed by atoms with Gasteiger partial charge in [-0.15, -0.1) is 0 Å². The van der Waals surface area contributed by atoms with Gasteiger partial charge in [0.25, 0.3) is 5.78 Å². The molecule has 0 bridgehead atoms. The highest BCUT2D eigenvalue weighted by molar-refractivity contribution is 6.27. The maximum atomic E-state index is 11.5. The second-order valence-electron chi connectivity index (χ2n) is 3.43. The van der Waals surface area contributed by atoms with E-state index in [1.807, 2.05) is 30.3 Å². The minimum Gasteiger partial charge on any atom is -0.453 e. The number of hydrogen-bond donors (Lipinski definition) is 0. The molecule has 0 N–H and O–H groups in total. The van der Waals surface area contributed by atoms with Gasteiger partial charge in [0.2, 0.25) is 0 Å². The van der Waals surface area contributed by atoms with Gasteiger partial charge in [0, 0.05) is 13.3 Å². The molecule has 5 heteroatoms. The summed E-state index contributed by atoms with van der Waals surface area (Å²) < 4.78 is 4.88. The fraction of sp³-hybridized carbons (Fsp3) is 0.250. The van der Waals surface area contributed by atoms with Gasteiger partial charge in [-0.05, 0) is 5.56 Å². The van der Waals surface area contributed by atoms with E-state index in [-0.39, 0.29) is 6.42 Å². The van der Waals surface area contributed by atoms with Crippen molar-refractivity contribution in [3.63, 3.8) is 0 Å². The third kappa shape index (κ3) is 4.40. The molecule has 5 nitrogen and oxygen atoms in total. The molecule has 0 unspecified atom stereocenters. The minimum atomic E-state index is -0.953. The molecule has 0 radical (unpaired) electrons. The van der Waals surface area contributed by atoms with Gasteiger partial charge in [-0.1, -0.05) is 30.3 Å². The molecular weight excluding hydrogens is 220 g/mol. The summed E-state index contributed by atoms with van der Waals surface area (Å²) in [5.74, 6) is -1.10. The summed E-state index contributed by atoms with van der Waals surface area (Å²) in [5.41, 5.74) is 9.15. The predicted octanol–water partition coefficient (Wildman–Crippen LogP) is 1.03. The SMILES string of the molecule is CC(=O)O[C@@H](Cc1ccccc1)C(=O)C=[N+]=[N-]. The van der Waals surface area contributed by atoms with Crippen LogP contribution in [-0.2, 0) is 20.7 Å². The number of esters is 1. The first-order chi connectivity index (χ1) is 8.13. The van der Waals surface area contributed by atoms with Crippen molar-refractivity contribution < 1.29 is 19.1 Å². The third-order valence-corrected chi connectivity index (χ3v) is 2.07. The first-order valence-corrected chi connectivity index (χ1v) is 5.06. The second kappa shape index (κ2) is 6.35. The lowest BCUT2D eigenvalue weighted by molar-refractivity contribution is -0.151. The largest absolute Gasteiger partial charge is 0.453 e. The van der Waals surface area contributed by atoms with Crippen molar-refractivity contribution >= 4 is 18.0 Å². The number of ether oxygens (including phenoxy) is 1. The van der Waals surface area contributed by atoms with Crippen LogP contribution in [-0.4, -0.2) is 28.9 Å². The summed E-state index contributed by atoms with van der Waals surface area (Å²) in [6, 6.07) is 9.14. The van der Waals surface area contributed by atoms with E-state index in [2.05, 4.69) is 4.79 Å². The van der Waals surface area contributed by atoms with Crippen molar-refractivity contribution in [2.24, 2.45) is 0 Å². The Morgan fingerprint density at radius 1 is 1.41 bits per heavy atom. The molecule has 0 aromatic heterocycles. The summed E-state index contributed by atoms with van der Waals surface area (Å²) in [5, 5.41) is 0. The third-order valence-electron chi connectivity index (χ3n) is 2.07. The molecule has 1 rings (SSSR count). The summed E-state index contributed by atoms with van der Waals surface area (Å²) in [7, 11) is 0. The lowest BCUT2D eigenvalue weighted by atomic mass is 10.1. The van der Waals surface area contributed by atoms with Gasteiger partial charge in [0.1, 0.15) is 0 Å². The molecule has 17 heavy (non-hydrogen) atoms. The molecule has 0 heterocycles. The van der Waals surface area contributed by atoms with Crippen LogP contribution in [0, 0.1) is 0 Å². The fourth-order valence-electron chi connectivity index (χ4n) is 1.37. The highest BCUT2D eigenvalue weighted by Crippen LogP contribution is 2.06. The second-order valence-corrected chi connectivity index (χ2v) is 3.43. The summed E-state index contributed by atoms with van der Waals surface area (Å²) in [6.07, 6.45) is 0.0350. The number of hydrogen-bond acceptors (Lipinski definition) is 3. The Morgan fingerprint density at radius 2 is 2.06 bits per heavy atom. The Hall–Kier alpha value is -2.26. The van der Waals surface area contributed by atoms with Crippen molar-refractivity contribution in [3.05, 3.63) is 41.4 Å². The van der Waals surface area contributed by atoms with Crippen LogP contribution in [0.3, 0.4) is 0 Å². The average Bonchev–Trinajstić information content (AvgIpc) is 2.29. The molecule has 0 saturated heterocycles. The fourth-order valence-corrected chi connectivity index (χ4v) is 1.37. The minimum absolute atomic E-state index is 0.255. The van der Waals surface area contributed by atoms with E-state index < -0.39 is 17.9 Å². The first kappa shape index (κ1) is 12.8. The van der Waals surface area contributed by atoms with E-state index in [9.17, 15) is 9.59 Å². The molecule has 1 aromatic rings. The first-order valence-electron chi connectivity index (χ1n) is 5.06. The summed E-state index contributed by atoms with van der Waals surface area (Å²) >= 11 is 0. The molecular formula is C12H12N2O3. The number of rotatable bonds is 5. The average molecular weight is 232 g/mol. The van der Waals surface area contributed by atoms with Gasteiger partial charge in [-0.3, -0.25) is 9.59 Å². The van der Waals surface area contributed by atoms with Crippen LogP contribution in [0.4, 0.5) is 0 Å². The van der Waals surface area contributed by atoms with Crippen LogP contribution in [0.15, 0.2) is 30.3 Å². The predicted molar refractivity (Wildman–Crippen MR) is 60.4 cm³/mol. The molecule has 1 aromatic carbocycles. The number of nitrogens with zero attached hydrogens (tertiary/aromatic N) is 2. The van der Waals surface area contributed by atoms with Gasteiger partial charge < -0.3 is 10.3 Å². The molecule has 1 atom stereocenters. The number of carbonyl (C=O) groups is 2. The smallest absolute Gasteiger partial charge is 0.327 e. The van der Waals surface area contributed by atoms with E-state index in [1.165, 1.54) is 6.92 Å². The lowest BCUT2D eigenvalue weighted by Gasteiger charge is -2.12. The molecule has 0 fully saturated rings. The summed E-state index contributed by atoms with van der Waals surface area (Å²) in [6.45, 7) is 1.22. The zero-order chi connectivity index (χ0) is 12.7. The van der Waals surface area contributed by atoms with Crippen LogP contribution in [0.1, 0.15) is 12.5 Å². The van der Waals surface area contributed by atoms with E-state index in [0.29, 0.717) is 0 Å². The van der Waals surface area contributed by atoms with Crippen LogP contribution >= 0.6 is 0 Å². The van der Waals surface area contributed by atoms with Crippen LogP contribution < -0.4 is 0 Å². The van der Waals surface area contributed by atoms with Gasteiger partial charge in [-0.2, -0.15) is 4.79 Å². The zero-order valence-corrected chi connectivity index (χ0v) is 9.37. The maximum Gasteiger partial charge on any atom is 0.327 e. The Kier molecular flexibility index (Phi) is 4.78. The Labute approximate surface area is 98.6 Å².